The second-order valence-electron chi connectivity index (χ2n) is 6.76. The van der Waals surface area contributed by atoms with Gasteiger partial charge in [-0.1, -0.05) is 0 Å². The van der Waals surface area contributed by atoms with Crippen molar-refractivity contribution in [3.05, 3.63) is 47.5 Å². The van der Waals surface area contributed by atoms with Gasteiger partial charge in [-0.05, 0) is 60.6 Å². The molecule has 28 heavy (non-hydrogen) atoms. The number of hydrogen-bond acceptors (Lipinski definition) is 6. The Morgan fingerprint density at radius 3 is 1.54 bits per heavy atom. The highest BCUT2D eigenvalue weighted by Crippen LogP contribution is 2.31. The van der Waals surface area contributed by atoms with Crippen LogP contribution in [-0.4, -0.2) is 42.6 Å². The van der Waals surface area contributed by atoms with Gasteiger partial charge in [0.05, 0.1) is 5.92 Å². The van der Waals surface area contributed by atoms with Crippen LogP contribution in [0, 0.1) is 11.8 Å². The maximum Gasteiger partial charge on any atom is 0.307 e. The molecule has 150 valence electrons. The monoisotopic (exact) mass is 390 g/mol. The van der Waals surface area contributed by atoms with Gasteiger partial charge in [0.2, 0.25) is 0 Å². The molecule has 0 aliphatic heterocycles. The van der Waals surface area contributed by atoms with Crippen LogP contribution in [0.15, 0.2) is 36.4 Å². The Morgan fingerprint density at radius 2 is 1.14 bits per heavy atom. The normalized spacial score (nSPS) is 13.0. The summed E-state index contributed by atoms with van der Waals surface area (Å²) in [5.74, 6) is -4.64. The van der Waals surface area contributed by atoms with Crippen LogP contribution in [0.25, 0.3) is 0 Å². The summed E-state index contributed by atoms with van der Waals surface area (Å²) >= 11 is 0. The third kappa shape index (κ3) is 6.08. The quantitative estimate of drug-likeness (QED) is 0.381. The van der Waals surface area contributed by atoms with Crippen LogP contribution >= 0.6 is 0 Å². The zero-order valence-corrected chi connectivity index (χ0v) is 14.9. The highest BCUT2D eigenvalue weighted by atomic mass is 16.4. The molecule has 0 aromatic heterocycles. The Hall–Kier alpha value is -3.42. The molecule has 8 heteroatoms. The van der Waals surface area contributed by atoms with Gasteiger partial charge in [-0.15, -0.1) is 0 Å². The lowest BCUT2D eigenvalue weighted by Gasteiger charge is -2.24. The van der Waals surface area contributed by atoms with Crippen LogP contribution in [0.3, 0.4) is 0 Å². The van der Waals surface area contributed by atoms with Gasteiger partial charge in [0, 0.05) is 18.6 Å². The minimum Gasteiger partial charge on any atom is -0.508 e. The van der Waals surface area contributed by atoms with Gasteiger partial charge in [-0.2, -0.15) is 0 Å². The van der Waals surface area contributed by atoms with Gasteiger partial charge in [0.25, 0.3) is 0 Å². The van der Waals surface area contributed by atoms with Crippen LogP contribution < -0.4 is 0 Å². The summed E-state index contributed by atoms with van der Waals surface area (Å²) < 4.78 is 0. The molecule has 0 saturated carbocycles. The fourth-order valence-electron chi connectivity index (χ4n) is 3.32. The summed E-state index contributed by atoms with van der Waals surface area (Å²) in [4.78, 5) is 22.9. The lowest BCUT2D eigenvalue weighted by molar-refractivity contribution is -0.145. The Labute approximate surface area is 160 Å². The number of aromatic hydroxyl groups is 4. The number of rotatable bonds is 9. The smallest absolute Gasteiger partial charge is 0.307 e. The molecule has 2 aromatic rings. The summed E-state index contributed by atoms with van der Waals surface area (Å²) in [5, 5.41) is 57.2. The highest BCUT2D eigenvalue weighted by Gasteiger charge is 2.29. The molecule has 0 fully saturated rings. The fourth-order valence-corrected chi connectivity index (χ4v) is 3.32. The van der Waals surface area contributed by atoms with Crippen molar-refractivity contribution in [2.45, 2.75) is 25.7 Å². The number of aliphatic carboxylic acids is 2. The zero-order valence-electron chi connectivity index (χ0n) is 14.9. The van der Waals surface area contributed by atoms with Crippen LogP contribution in [0.5, 0.6) is 23.0 Å². The Bertz CT molecular complexity index is 821. The van der Waals surface area contributed by atoms with E-state index in [0.29, 0.717) is 11.1 Å². The Kier molecular flexibility index (Phi) is 6.70. The first kappa shape index (κ1) is 20.9. The summed E-state index contributed by atoms with van der Waals surface area (Å²) in [5.41, 5.74) is 0.863. The fraction of sp³-hybridized carbons (Fsp3) is 0.300. The summed E-state index contributed by atoms with van der Waals surface area (Å²) in [6.07, 6.45) is -0.0958. The number of phenols is 4. The predicted octanol–water partition coefficient (Wildman–Crippen LogP) is 2.48. The van der Waals surface area contributed by atoms with Crippen molar-refractivity contribution in [2.24, 2.45) is 11.8 Å². The van der Waals surface area contributed by atoms with E-state index in [9.17, 15) is 35.1 Å². The molecule has 0 unspecified atom stereocenters. The second-order valence-corrected chi connectivity index (χ2v) is 6.76. The third-order valence-corrected chi connectivity index (χ3v) is 4.49. The van der Waals surface area contributed by atoms with Gasteiger partial charge in [-0.25, -0.2) is 0 Å². The molecule has 0 aliphatic carbocycles. The molecule has 2 atom stereocenters. The van der Waals surface area contributed by atoms with E-state index in [0.717, 1.165) is 12.1 Å². The van der Waals surface area contributed by atoms with Crippen molar-refractivity contribution < 1.29 is 40.2 Å². The predicted molar refractivity (Wildman–Crippen MR) is 98.4 cm³/mol. The molecular formula is C20H22O8. The van der Waals surface area contributed by atoms with Gasteiger partial charge >= 0.3 is 11.9 Å². The number of carbonyl (C=O) groups is 2. The zero-order chi connectivity index (χ0) is 20.8. The molecule has 0 radical (unpaired) electrons. The van der Waals surface area contributed by atoms with E-state index in [1.54, 1.807) is 0 Å². The standard InChI is InChI=1S/C20H22O8/c21-14-4-11(5-15(22)9-14)3-13(1-2-19(25)26)18(20(27)28)8-12-6-16(23)10-17(24)7-12/h4-7,9-10,13,18,21-24H,1-3,8H2,(H,25,26)(H,27,28)/t13-,18-/m1/s1. The topological polar surface area (TPSA) is 156 Å². The average Bonchev–Trinajstić information content (AvgIpc) is 2.54. The first-order chi connectivity index (χ1) is 13.1. The van der Waals surface area contributed by atoms with Crippen molar-refractivity contribution >= 4 is 11.9 Å². The van der Waals surface area contributed by atoms with Crippen molar-refractivity contribution in [3.63, 3.8) is 0 Å². The van der Waals surface area contributed by atoms with E-state index in [2.05, 4.69) is 0 Å². The molecule has 0 saturated heterocycles. The molecule has 0 heterocycles. The lowest BCUT2D eigenvalue weighted by Crippen LogP contribution is -2.28. The van der Waals surface area contributed by atoms with E-state index in [1.165, 1.54) is 24.3 Å². The number of carboxylic acid groups (broad SMARTS) is 2. The van der Waals surface area contributed by atoms with E-state index in [-0.39, 0.29) is 48.7 Å². The Balaban J connectivity index is 2.32. The van der Waals surface area contributed by atoms with Gasteiger partial charge < -0.3 is 30.6 Å². The van der Waals surface area contributed by atoms with Crippen LogP contribution in [0.1, 0.15) is 24.0 Å². The van der Waals surface area contributed by atoms with Crippen molar-refractivity contribution in [3.8, 4) is 23.0 Å². The van der Waals surface area contributed by atoms with Crippen LogP contribution in [-0.2, 0) is 22.4 Å². The Morgan fingerprint density at radius 1 is 0.714 bits per heavy atom. The molecule has 6 N–H and O–H groups in total. The number of phenolic OH excluding ortho intramolecular Hbond substituents is 4. The van der Waals surface area contributed by atoms with E-state index in [1.807, 2.05) is 0 Å². The molecule has 0 bridgehead atoms. The van der Waals surface area contributed by atoms with Gasteiger partial charge in [0.1, 0.15) is 23.0 Å². The van der Waals surface area contributed by atoms with Crippen LogP contribution in [0.4, 0.5) is 0 Å². The molecule has 0 aliphatic rings. The maximum atomic E-state index is 11.9. The van der Waals surface area contributed by atoms with Crippen molar-refractivity contribution in [1.82, 2.24) is 0 Å². The minimum absolute atomic E-state index is 0.0353. The molecule has 2 aromatic carbocycles. The summed E-state index contributed by atoms with van der Waals surface area (Å²) in [7, 11) is 0. The highest BCUT2D eigenvalue weighted by molar-refractivity contribution is 5.71. The second kappa shape index (κ2) is 8.98. The van der Waals surface area contributed by atoms with E-state index >= 15 is 0 Å². The van der Waals surface area contributed by atoms with Gasteiger partial charge in [-0.3, -0.25) is 9.59 Å². The molecule has 2 rings (SSSR count). The van der Waals surface area contributed by atoms with Crippen molar-refractivity contribution in [2.75, 3.05) is 0 Å². The van der Waals surface area contributed by atoms with Gasteiger partial charge in [0.15, 0.2) is 0 Å². The number of carboxylic acids is 2. The molecular weight excluding hydrogens is 368 g/mol. The maximum absolute atomic E-state index is 11.9. The minimum atomic E-state index is -1.15. The van der Waals surface area contributed by atoms with Crippen molar-refractivity contribution in [1.29, 1.82) is 0 Å². The summed E-state index contributed by atoms with van der Waals surface area (Å²) in [6, 6.07) is 7.70. The SMILES string of the molecule is O=C(O)CC[C@H](Cc1cc(O)cc(O)c1)[C@@H](Cc1cc(O)cc(O)c1)C(=O)O. The first-order valence-electron chi connectivity index (χ1n) is 8.62. The van der Waals surface area contributed by atoms with Crippen LogP contribution in [0.2, 0.25) is 0 Å². The van der Waals surface area contributed by atoms with E-state index in [4.69, 9.17) is 5.11 Å². The lowest BCUT2D eigenvalue weighted by atomic mass is 9.80. The molecule has 8 nitrogen and oxygen atoms in total. The third-order valence-electron chi connectivity index (χ3n) is 4.49. The largest absolute Gasteiger partial charge is 0.508 e. The summed E-state index contributed by atoms with van der Waals surface area (Å²) in [6.45, 7) is 0. The molecule has 0 amide bonds. The number of hydrogen-bond donors (Lipinski definition) is 6. The van der Waals surface area contributed by atoms with E-state index < -0.39 is 23.8 Å². The first-order valence-corrected chi connectivity index (χ1v) is 8.62. The average molecular weight is 390 g/mol. The number of benzene rings is 2. The molecule has 0 spiro atoms.